The van der Waals surface area contributed by atoms with Gasteiger partial charge in [-0.25, -0.2) is 4.79 Å². The zero-order valence-corrected chi connectivity index (χ0v) is 12.1. The molecular formula is C8H25CoF3N6O2. The summed E-state index contributed by atoms with van der Waals surface area (Å²) in [5, 5.41) is 7.12. The van der Waals surface area contributed by atoms with Crippen molar-refractivity contribution in [3.05, 3.63) is 0 Å². The van der Waals surface area contributed by atoms with Gasteiger partial charge in [0.15, 0.2) is 0 Å². The Morgan fingerprint density at radius 3 is 0.850 bits per heavy atom. The van der Waals surface area contributed by atoms with Crippen molar-refractivity contribution in [2.75, 3.05) is 39.3 Å². The Balaban J connectivity index is -0.0000000512. The molecule has 0 fully saturated rings. The summed E-state index contributed by atoms with van der Waals surface area (Å²) in [5.41, 5.74) is 29.4. The summed E-state index contributed by atoms with van der Waals surface area (Å²) in [6, 6.07) is 0. The molecule has 1 radical (unpaired) electrons. The van der Waals surface area contributed by atoms with E-state index in [0.29, 0.717) is 39.3 Å². The van der Waals surface area contributed by atoms with E-state index < -0.39 is 12.1 Å². The predicted molar refractivity (Wildman–Crippen MR) is 68.0 cm³/mol. The largest absolute Gasteiger partial charge is 0.490 e. The van der Waals surface area contributed by atoms with Crippen molar-refractivity contribution in [2.24, 2.45) is 34.4 Å². The molecule has 12 heteroatoms. The minimum Gasteiger partial charge on any atom is -0.475 e. The van der Waals surface area contributed by atoms with Crippen LogP contribution < -0.4 is 34.4 Å². The number of alkyl halides is 3. The Morgan fingerprint density at radius 1 is 0.750 bits per heavy atom. The van der Waals surface area contributed by atoms with Gasteiger partial charge in [0.05, 0.1) is 0 Å². The molecule has 0 rings (SSSR count). The molecule has 0 aromatic rings. The summed E-state index contributed by atoms with van der Waals surface area (Å²) >= 11 is 0. The molecule has 0 aliphatic carbocycles. The first kappa shape index (κ1) is 31.8. The monoisotopic (exact) mass is 353 g/mol. The maximum atomic E-state index is 10.6. The van der Waals surface area contributed by atoms with E-state index in [1.165, 1.54) is 0 Å². The van der Waals surface area contributed by atoms with E-state index >= 15 is 0 Å². The molecule has 0 aliphatic heterocycles. The van der Waals surface area contributed by atoms with Crippen molar-refractivity contribution < 1.29 is 39.9 Å². The zero-order valence-electron chi connectivity index (χ0n) is 11.0. The summed E-state index contributed by atoms with van der Waals surface area (Å²) in [5.74, 6) is -2.76. The molecule has 0 saturated carbocycles. The second-order valence-electron chi connectivity index (χ2n) is 2.53. The van der Waals surface area contributed by atoms with Crippen LogP contribution in [0.2, 0.25) is 0 Å². The van der Waals surface area contributed by atoms with E-state index in [0.717, 1.165) is 0 Å². The minimum absolute atomic E-state index is 0. The molecule has 13 N–H and O–H groups in total. The minimum atomic E-state index is -5.08. The maximum absolute atomic E-state index is 10.6. The average Bonchev–Trinajstić information content (AvgIpc) is 2.38. The van der Waals surface area contributed by atoms with Gasteiger partial charge in [-0.1, -0.05) is 0 Å². The van der Waals surface area contributed by atoms with E-state index in [9.17, 15) is 13.2 Å². The molecule has 129 valence electrons. The number of carboxylic acid groups (broad SMARTS) is 1. The van der Waals surface area contributed by atoms with Crippen molar-refractivity contribution in [2.45, 2.75) is 6.18 Å². The number of hydrogen-bond acceptors (Lipinski definition) is 7. The molecule has 0 amide bonds. The number of nitrogens with two attached hydrogens (primary N) is 6. The quantitative estimate of drug-likeness (QED) is 0.285. The van der Waals surface area contributed by atoms with Gasteiger partial charge in [0.25, 0.3) is 0 Å². The summed E-state index contributed by atoms with van der Waals surface area (Å²) in [4.78, 5) is 8.90. The van der Waals surface area contributed by atoms with Crippen LogP contribution in [0.1, 0.15) is 0 Å². The molecule has 0 aliphatic rings. The third kappa shape index (κ3) is 65.8. The normalized spacial score (nSPS) is 8.45. The van der Waals surface area contributed by atoms with Crippen LogP contribution in [0.4, 0.5) is 13.2 Å². The van der Waals surface area contributed by atoms with Crippen LogP contribution in [0.3, 0.4) is 0 Å². The van der Waals surface area contributed by atoms with Gasteiger partial charge in [-0.05, 0) is 0 Å². The SMILES string of the molecule is NCCN.NCCN.NCCN.O=C(O)C(F)(F)F.[Co]. The fourth-order valence-corrected chi connectivity index (χ4v) is 0. The van der Waals surface area contributed by atoms with Crippen LogP contribution >= 0.6 is 0 Å². The molecule has 0 aromatic carbocycles. The molecule has 0 spiro atoms. The zero-order chi connectivity index (χ0) is 16.3. The second kappa shape index (κ2) is 27.0. The number of carbonyl (C=O) groups is 1. The van der Waals surface area contributed by atoms with E-state index in [1.807, 2.05) is 0 Å². The average molecular weight is 353 g/mol. The number of hydrogen-bond donors (Lipinski definition) is 7. The molecular weight excluding hydrogens is 328 g/mol. The molecule has 0 unspecified atom stereocenters. The van der Waals surface area contributed by atoms with Crippen LogP contribution in [0.5, 0.6) is 0 Å². The summed E-state index contributed by atoms with van der Waals surface area (Å²) in [6.45, 7) is 3.58. The van der Waals surface area contributed by atoms with Gasteiger partial charge in [-0.2, -0.15) is 13.2 Å². The van der Waals surface area contributed by atoms with E-state index in [4.69, 9.17) is 44.3 Å². The van der Waals surface area contributed by atoms with Gasteiger partial charge in [-0.15, -0.1) is 0 Å². The summed E-state index contributed by atoms with van der Waals surface area (Å²) in [7, 11) is 0. The van der Waals surface area contributed by atoms with Gasteiger partial charge in [-0.3, -0.25) is 0 Å². The molecule has 20 heavy (non-hydrogen) atoms. The number of carboxylic acids is 1. The van der Waals surface area contributed by atoms with Crippen molar-refractivity contribution in [1.29, 1.82) is 0 Å². The Labute approximate surface area is 126 Å². The van der Waals surface area contributed by atoms with Crippen LogP contribution in [0.25, 0.3) is 0 Å². The molecule has 0 atom stereocenters. The van der Waals surface area contributed by atoms with Crippen molar-refractivity contribution >= 4 is 5.97 Å². The molecule has 0 heterocycles. The fraction of sp³-hybridized carbons (Fsp3) is 0.875. The van der Waals surface area contributed by atoms with Gasteiger partial charge in [0.2, 0.25) is 0 Å². The fourth-order valence-electron chi connectivity index (χ4n) is 0. The number of aliphatic carboxylic acids is 1. The van der Waals surface area contributed by atoms with Crippen molar-refractivity contribution in [3.8, 4) is 0 Å². The topological polar surface area (TPSA) is 193 Å². The van der Waals surface area contributed by atoms with Gasteiger partial charge >= 0.3 is 12.1 Å². The second-order valence-corrected chi connectivity index (χ2v) is 2.53. The summed E-state index contributed by atoms with van der Waals surface area (Å²) in [6.07, 6.45) is -5.08. The van der Waals surface area contributed by atoms with Crippen LogP contribution in [-0.4, -0.2) is 56.5 Å². The first-order valence-electron chi connectivity index (χ1n) is 5.19. The van der Waals surface area contributed by atoms with Crippen LogP contribution in [0.15, 0.2) is 0 Å². The molecule has 8 nitrogen and oxygen atoms in total. The first-order valence-corrected chi connectivity index (χ1v) is 5.19. The first-order chi connectivity index (χ1) is 8.69. The Hall–Kier alpha value is -0.474. The maximum Gasteiger partial charge on any atom is 0.490 e. The van der Waals surface area contributed by atoms with Crippen LogP contribution in [-0.2, 0) is 21.6 Å². The predicted octanol–water partition coefficient (Wildman–Crippen LogP) is -2.66. The Kier molecular flexibility index (Phi) is 42.8. The Bertz CT molecular complexity index is 161. The third-order valence-corrected chi connectivity index (χ3v) is 0.743. The van der Waals surface area contributed by atoms with Crippen LogP contribution in [0, 0.1) is 0 Å². The number of halogens is 3. The number of rotatable bonds is 3. The Morgan fingerprint density at radius 2 is 0.850 bits per heavy atom. The van der Waals surface area contributed by atoms with Gasteiger partial charge < -0.3 is 39.5 Å². The van der Waals surface area contributed by atoms with E-state index in [2.05, 4.69) is 0 Å². The smallest absolute Gasteiger partial charge is 0.475 e. The summed E-state index contributed by atoms with van der Waals surface area (Å²) < 4.78 is 31.7. The van der Waals surface area contributed by atoms with Crippen molar-refractivity contribution in [1.82, 2.24) is 0 Å². The van der Waals surface area contributed by atoms with E-state index in [-0.39, 0.29) is 16.8 Å². The standard InChI is InChI=1S/C2HF3O2.3C2H8N2.Co/c3-2(4,5)1(6)7;3*3-1-2-4;/h(H,6,7);3*1-4H2;. The molecule has 0 bridgehead atoms. The van der Waals surface area contributed by atoms with Gasteiger partial charge in [0, 0.05) is 56.0 Å². The third-order valence-electron chi connectivity index (χ3n) is 0.743. The van der Waals surface area contributed by atoms with Gasteiger partial charge in [0.1, 0.15) is 0 Å². The van der Waals surface area contributed by atoms with Crippen molar-refractivity contribution in [3.63, 3.8) is 0 Å². The van der Waals surface area contributed by atoms with E-state index in [1.54, 1.807) is 0 Å². The molecule has 0 aromatic heterocycles. The molecule has 0 saturated heterocycles.